The van der Waals surface area contributed by atoms with E-state index in [-0.39, 0.29) is 5.91 Å². The molecule has 130 valence electrons. The maximum Gasteiger partial charge on any atom is 0.332 e. The summed E-state index contributed by atoms with van der Waals surface area (Å²) < 4.78 is 11.1. The van der Waals surface area contributed by atoms with Crippen LogP contribution in [0.1, 0.15) is 18.4 Å². The number of para-hydroxylation sites is 2. The van der Waals surface area contributed by atoms with Crippen LogP contribution in [0.5, 0.6) is 11.5 Å². The van der Waals surface area contributed by atoms with Crippen LogP contribution >= 0.6 is 0 Å². The van der Waals surface area contributed by atoms with Crippen molar-refractivity contribution in [1.82, 2.24) is 0 Å². The summed E-state index contributed by atoms with van der Waals surface area (Å²) in [4.78, 5) is 23.3. The molecule has 0 unspecified atom stereocenters. The molecular weight excluding hydrogens is 322 g/mol. The van der Waals surface area contributed by atoms with E-state index in [2.05, 4.69) is 5.32 Å². The molecule has 1 aliphatic heterocycles. The first-order valence-corrected chi connectivity index (χ1v) is 8.05. The smallest absolute Gasteiger partial charge is 0.332 e. The molecule has 1 aliphatic rings. The Bertz CT molecular complexity index is 789. The molecule has 25 heavy (non-hydrogen) atoms. The number of aryl methyl sites for hydroxylation is 1. The zero-order valence-corrected chi connectivity index (χ0v) is 13.8. The zero-order valence-electron chi connectivity index (χ0n) is 13.8. The monoisotopic (exact) mass is 341 g/mol. The minimum atomic E-state index is -1.04. The number of anilines is 1. The van der Waals surface area contributed by atoms with Crippen LogP contribution in [0, 0.1) is 6.92 Å². The molecule has 6 heteroatoms. The lowest BCUT2D eigenvalue weighted by Gasteiger charge is -2.15. The fourth-order valence-corrected chi connectivity index (χ4v) is 2.69. The summed E-state index contributed by atoms with van der Waals surface area (Å²) >= 11 is 0. The van der Waals surface area contributed by atoms with Gasteiger partial charge in [0.2, 0.25) is 0 Å². The molecule has 0 saturated carbocycles. The van der Waals surface area contributed by atoms with Gasteiger partial charge in [-0.1, -0.05) is 24.3 Å². The van der Waals surface area contributed by atoms with Crippen molar-refractivity contribution < 1.29 is 24.2 Å². The average Bonchev–Trinajstić information content (AvgIpc) is 3.07. The van der Waals surface area contributed by atoms with Crippen LogP contribution in [0.15, 0.2) is 48.5 Å². The highest BCUT2D eigenvalue weighted by Gasteiger charge is 2.34. The third kappa shape index (κ3) is 4.16. The maximum absolute atomic E-state index is 12.4. The fraction of sp³-hybridized carbons (Fsp3) is 0.263. The van der Waals surface area contributed by atoms with Crippen LogP contribution in [0.4, 0.5) is 5.69 Å². The number of rotatable bonds is 5. The molecular formula is C19H19NO5. The number of carbonyl (C=O) groups is 2. The minimum absolute atomic E-state index is 0.328. The van der Waals surface area contributed by atoms with Crippen LogP contribution in [0.25, 0.3) is 0 Å². The normalized spacial score (nSPS) is 19.4. The number of carboxylic acids is 1. The van der Waals surface area contributed by atoms with Gasteiger partial charge in [-0.15, -0.1) is 0 Å². The van der Waals surface area contributed by atoms with Gasteiger partial charge in [-0.2, -0.15) is 0 Å². The number of amides is 1. The highest BCUT2D eigenvalue weighted by molar-refractivity contribution is 5.96. The largest absolute Gasteiger partial charge is 0.479 e. The Balaban J connectivity index is 1.71. The predicted molar refractivity (Wildman–Crippen MR) is 91.9 cm³/mol. The second-order valence-corrected chi connectivity index (χ2v) is 5.93. The second-order valence-electron chi connectivity index (χ2n) is 5.93. The van der Waals surface area contributed by atoms with E-state index in [1.807, 2.05) is 37.3 Å². The van der Waals surface area contributed by atoms with Gasteiger partial charge in [-0.25, -0.2) is 4.79 Å². The fourth-order valence-electron chi connectivity index (χ4n) is 2.69. The number of aliphatic carboxylic acids is 1. The zero-order chi connectivity index (χ0) is 17.8. The number of ether oxygens (including phenoxy) is 2. The van der Waals surface area contributed by atoms with E-state index in [1.54, 1.807) is 18.2 Å². The van der Waals surface area contributed by atoms with Gasteiger partial charge in [0.25, 0.3) is 5.91 Å². The molecule has 1 heterocycles. The molecule has 0 radical (unpaired) electrons. The molecule has 2 aromatic carbocycles. The molecule has 0 aliphatic carbocycles. The van der Waals surface area contributed by atoms with E-state index in [0.717, 1.165) is 5.56 Å². The lowest BCUT2D eigenvalue weighted by atomic mass is 10.2. The van der Waals surface area contributed by atoms with Gasteiger partial charge in [-0.3, -0.25) is 4.79 Å². The lowest BCUT2D eigenvalue weighted by Crippen LogP contribution is -2.30. The van der Waals surface area contributed by atoms with Gasteiger partial charge in [0, 0.05) is 0 Å². The summed E-state index contributed by atoms with van der Waals surface area (Å²) in [6.45, 7) is 1.97. The molecule has 1 amide bonds. The number of benzene rings is 2. The molecule has 2 aromatic rings. The summed E-state index contributed by atoms with van der Waals surface area (Å²) in [5.74, 6) is -0.235. The Kier molecular flexibility index (Phi) is 5.00. The Morgan fingerprint density at radius 2 is 1.88 bits per heavy atom. The minimum Gasteiger partial charge on any atom is -0.479 e. The van der Waals surface area contributed by atoms with E-state index in [9.17, 15) is 9.59 Å². The van der Waals surface area contributed by atoms with E-state index in [4.69, 9.17) is 14.6 Å². The number of carboxylic acid groups (broad SMARTS) is 1. The molecule has 3 rings (SSSR count). The van der Waals surface area contributed by atoms with Crippen LogP contribution in [0.3, 0.4) is 0 Å². The topological polar surface area (TPSA) is 84.9 Å². The van der Waals surface area contributed by atoms with Gasteiger partial charge < -0.3 is 19.9 Å². The molecule has 0 spiro atoms. The van der Waals surface area contributed by atoms with Crippen LogP contribution in [-0.2, 0) is 14.3 Å². The molecule has 2 N–H and O–H groups in total. The number of hydrogen-bond donors (Lipinski definition) is 2. The summed E-state index contributed by atoms with van der Waals surface area (Å²) in [6, 6.07) is 14.7. The Labute approximate surface area is 145 Å². The van der Waals surface area contributed by atoms with Crippen molar-refractivity contribution in [2.24, 2.45) is 0 Å². The summed E-state index contributed by atoms with van der Waals surface area (Å²) in [5.41, 5.74) is 1.58. The number of hydrogen-bond acceptors (Lipinski definition) is 4. The molecule has 1 fully saturated rings. The Hall–Kier alpha value is -2.86. The molecule has 2 atom stereocenters. The Morgan fingerprint density at radius 3 is 2.60 bits per heavy atom. The van der Waals surface area contributed by atoms with Gasteiger partial charge in [0.15, 0.2) is 11.9 Å². The van der Waals surface area contributed by atoms with E-state index in [1.165, 1.54) is 0 Å². The van der Waals surface area contributed by atoms with Crippen LogP contribution < -0.4 is 10.1 Å². The first kappa shape index (κ1) is 17.0. The SMILES string of the molecule is Cc1cccc(Oc2ccccc2NC(=O)[C@@H]2CC[C@H](C(=O)O)O2)c1. The first-order chi connectivity index (χ1) is 12.0. The van der Waals surface area contributed by atoms with Gasteiger partial charge in [0.1, 0.15) is 11.9 Å². The van der Waals surface area contributed by atoms with Crippen molar-refractivity contribution in [2.45, 2.75) is 32.0 Å². The van der Waals surface area contributed by atoms with E-state index in [0.29, 0.717) is 30.0 Å². The molecule has 0 aromatic heterocycles. The predicted octanol–water partition coefficient (Wildman–Crippen LogP) is 3.36. The average molecular weight is 341 g/mol. The van der Waals surface area contributed by atoms with Crippen LogP contribution in [-0.4, -0.2) is 29.2 Å². The standard InChI is InChI=1S/C19H19NO5/c1-12-5-4-6-13(11-12)24-15-8-3-2-7-14(15)20-18(21)16-9-10-17(25-16)19(22)23/h2-8,11,16-17H,9-10H2,1H3,(H,20,21)(H,22,23)/t16-,17+/m0/s1. The van der Waals surface area contributed by atoms with Crippen molar-refractivity contribution in [3.05, 3.63) is 54.1 Å². The summed E-state index contributed by atoms with van der Waals surface area (Å²) in [5, 5.41) is 11.7. The van der Waals surface area contributed by atoms with E-state index < -0.39 is 18.2 Å². The molecule has 0 bridgehead atoms. The van der Waals surface area contributed by atoms with Crippen LogP contribution in [0.2, 0.25) is 0 Å². The van der Waals surface area contributed by atoms with Gasteiger partial charge in [0.05, 0.1) is 5.69 Å². The highest BCUT2D eigenvalue weighted by Crippen LogP contribution is 2.30. The van der Waals surface area contributed by atoms with Crippen molar-refractivity contribution >= 4 is 17.6 Å². The Morgan fingerprint density at radius 1 is 1.12 bits per heavy atom. The van der Waals surface area contributed by atoms with E-state index >= 15 is 0 Å². The maximum atomic E-state index is 12.4. The second kappa shape index (κ2) is 7.36. The lowest BCUT2D eigenvalue weighted by molar-refractivity contribution is -0.150. The summed E-state index contributed by atoms with van der Waals surface area (Å²) in [7, 11) is 0. The third-order valence-electron chi connectivity index (χ3n) is 3.95. The van der Waals surface area contributed by atoms with Crippen molar-refractivity contribution in [3.8, 4) is 11.5 Å². The van der Waals surface area contributed by atoms with Crippen molar-refractivity contribution in [1.29, 1.82) is 0 Å². The highest BCUT2D eigenvalue weighted by atomic mass is 16.5. The number of carbonyl (C=O) groups excluding carboxylic acids is 1. The molecule has 1 saturated heterocycles. The van der Waals surface area contributed by atoms with Gasteiger partial charge >= 0.3 is 5.97 Å². The van der Waals surface area contributed by atoms with Crippen molar-refractivity contribution in [3.63, 3.8) is 0 Å². The quantitative estimate of drug-likeness (QED) is 0.871. The first-order valence-electron chi connectivity index (χ1n) is 8.05. The van der Waals surface area contributed by atoms with Crippen molar-refractivity contribution in [2.75, 3.05) is 5.32 Å². The summed E-state index contributed by atoms with van der Waals surface area (Å²) in [6.07, 6.45) is -0.985. The molecule has 6 nitrogen and oxygen atoms in total. The third-order valence-corrected chi connectivity index (χ3v) is 3.95. The van der Waals surface area contributed by atoms with Gasteiger partial charge in [-0.05, 0) is 49.6 Å². The number of nitrogens with one attached hydrogen (secondary N) is 1.